The van der Waals surface area contributed by atoms with E-state index in [1.54, 1.807) is 0 Å². The van der Waals surface area contributed by atoms with E-state index >= 15 is 0 Å². The lowest BCUT2D eigenvalue weighted by Crippen LogP contribution is -2.38. The van der Waals surface area contributed by atoms with Crippen molar-refractivity contribution in [3.8, 4) is 0 Å². The number of benzene rings is 1. The van der Waals surface area contributed by atoms with E-state index in [0.717, 1.165) is 6.42 Å². The SMILES string of the molecule is CCC(C)C(C)NC(=O)c1c(Cl)cccc1S(N)(=O)=O. The van der Waals surface area contributed by atoms with E-state index in [2.05, 4.69) is 5.32 Å². The van der Waals surface area contributed by atoms with Gasteiger partial charge in [-0.05, 0) is 25.0 Å². The van der Waals surface area contributed by atoms with E-state index in [1.165, 1.54) is 18.2 Å². The molecule has 0 fully saturated rings. The van der Waals surface area contributed by atoms with E-state index in [4.69, 9.17) is 16.7 Å². The molecule has 0 saturated carbocycles. The molecule has 2 unspecified atom stereocenters. The van der Waals surface area contributed by atoms with Gasteiger partial charge in [-0.3, -0.25) is 4.79 Å². The lowest BCUT2D eigenvalue weighted by atomic mass is 10.0. The highest BCUT2D eigenvalue weighted by Crippen LogP contribution is 2.23. The van der Waals surface area contributed by atoms with Gasteiger partial charge in [0, 0.05) is 6.04 Å². The highest BCUT2D eigenvalue weighted by Gasteiger charge is 2.24. The highest BCUT2D eigenvalue weighted by molar-refractivity contribution is 7.89. The molecule has 0 aromatic heterocycles. The summed E-state index contributed by atoms with van der Waals surface area (Å²) < 4.78 is 23.1. The zero-order chi connectivity index (χ0) is 15.5. The summed E-state index contributed by atoms with van der Waals surface area (Å²) in [5.41, 5.74) is -0.105. The van der Waals surface area contributed by atoms with E-state index in [0.29, 0.717) is 0 Å². The third kappa shape index (κ3) is 3.94. The van der Waals surface area contributed by atoms with Crippen LogP contribution in [0.3, 0.4) is 0 Å². The monoisotopic (exact) mass is 318 g/mol. The molecule has 0 aliphatic carbocycles. The normalized spacial score (nSPS) is 14.7. The number of carbonyl (C=O) groups excluding carboxylic acids is 1. The first-order valence-electron chi connectivity index (χ1n) is 6.30. The predicted molar refractivity (Wildman–Crippen MR) is 79.2 cm³/mol. The maximum Gasteiger partial charge on any atom is 0.254 e. The van der Waals surface area contributed by atoms with Crippen LogP contribution in [0.15, 0.2) is 23.1 Å². The van der Waals surface area contributed by atoms with Gasteiger partial charge in [-0.1, -0.05) is 37.9 Å². The van der Waals surface area contributed by atoms with Crippen molar-refractivity contribution in [2.75, 3.05) is 0 Å². The molecule has 0 heterocycles. The van der Waals surface area contributed by atoms with Gasteiger partial charge in [-0.15, -0.1) is 0 Å². The zero-order valence-electron chi connectivity index (χ0n) is 11.7. The van der Waals surface area contributed by atoms with Crippen LogP contribution in [-0.2, 0) is 10.0 Å². The topological polar surface area (TPSA) is 89.3 Å². The summed E-state index contributed by atoms with van der Waals surface area (Å²) in [6.07, 6.45) is 0.895. The van der Waals surface area contributed by atoms with Crippen molar-refractivity contribution in [1.29, 1.82) is 0 Å². The van der Waals surface area contributed by atoms with Crippen molar-refractivity contribution in [2.24, 2.45) is 11.1 Å². The third-order valence-electron chi connectivity index (χ3n) is 3.37. The molecule has 0 aliphatic heterocycles. The molecule has 2 atom stereocenters. The summed E-state index contributed by atoms with van der Waals surface area (Å²) in [5.74, 6) is -0.271. The Morgan fingerprint density at radius 2 is 2.00 bits per heavy atom. The summed E-state index contributed by atoms with van der Waals surface area (Å²) in [6, 6.07) is 4.07. The second-order valence-electron chi connectivity index (χ2n) is 4.81. The molecule has 1 rings (SSSR count). The van der Waals surface area contributed by atoms with Crippen molar-refractivity contribution >= 4 is 27.5 Å². The Morgan fingerprint density at radius 1 is 1.40 bits per heavy atom. The number of carbonyl (C=O) groups is 1. The second kappa shape index (κ2) is 6.56. The highest BCUT2D eigenvalue weighted by atomic mass is 35.5. The minimum absolute atomic E-state index is 0.0605. The Labute approximate surface area is 124 Å². The number of amides is 1. The standard InChI is InChI=1S/C13H19ClN2O3S/c1-4-8(2)9(3)16-13(17)12-10(14)6-5-7-11(12)20(15,18)19/h5-9H,4H2,1-3H3,(H,16,17)(H2,15,18,19). The van der Waals surface area contributed by atoms with Crippen LogP contribution in [0.5, 0.6) is 0 Å². The van der Waals surface area contributed by atoms with Crippen LogP contribution in [0.25, 0.3) is 0 Å². The maximum absolute atomic E-state index is 12.2. The number of rotatable bonds is 5. The zero-order valence-corrected chi connectivity index (χ0v) is 13.3. The fraction of sp³-hybridized carbons (Fsp3) is 0.462. The van der Waals surface area contributed by atoms with Crippen molar-refractivity contribution in [1.82, 2.24) is 5.32 Å². The van der Waals surface area contributed by atoms with Gasteiger partial charge in [0.05, 0.1) is 15.5 Å². The number of halogens is 1. The molecule has 1 aromatic rings. The van der Waals surface area contributed by atoms with Gasteiger partial charge in [-0.2, -0.15) is 0 Å². The van der Waals surface area contributed by atoms with Crippen LogP contribution >= 0.6 is 11.6 Å². The summed E-state index contributed by atoms with van der Waals surface area (Å²) in [6.45, 7) is 5.87. The molecule has 5 nitrogen and oxygen atoms in total. The van der Waals surface area contributed by atoms with E-state index in [1.807, 2.05) is 20.8 Å². The van der Waals surface area contributed by atoms with Crippen molar-refractivity contribution in [3.63, 3.8) is 0 Å². The third-order valence-corrected chi connectivity index (χ3v) is 4.63. The average Bonchev–Trinajstić information content (AvgIpc) is 2.35. The average molecular weight is 319 g/mol. The second-order valence-corrected chi connectivity index (χ2v) is 6.74. The van der Waals surface area contributed by atoms with Gasteiger partial charge in [0.25, 0.3) is 5.91 Å². The number of nitrogens with two attached hydrogens (primary N) is 1. The maximum atomic E-state index is 12.2. The number of hydrogen-bond acceptors (Lipinski definition) is 3. The van der Waals surface area contributed by atoms with E-state index in [9.17, 15) is 13.2 Å². The van der Waals surface area contributed by atoms with Gasteiger partial charge in [0.2, 0.25) is 10.0 Å². The minimum atomic E-state index is -4.01. The minimum Gasteiger partial charge on any atom is -0.349 e. The molecule has 1 aromatic carbocycles. The molecule has 1 amide bonds. The van der Waals surface area contributed by atoms with Crippen LogP contribution in [0, 0.1) is 5.92 Å². The van der Waals surface area contributed by atoms with Crippen LogP contribution in [0.1, 0.15) is 37.6 Å². The molecular weight excluding hydrogens is 300 g/mol. The molecule has 0 aliphatic rings. The molecule has 3 N–H and O–H groups in total. The lowest BCUT2D eigenvalue weighted by molar-refractivity contribution is 0.0925. The summed E-state index contributed by atoms with van der Waals surface area (Å²) in [5, 5.41) is 7.93. The fourth-order valence-electron chi connectivity index (χ4n) is 1.74. The summed E-state index contributed by atoms with van der Waals surface area (Å²) >= 11 is 5.95. The van der Waals surface area contributed by atoms with Crippen LogP contribution in [-0.4, -0.2) is 20.4 Å². The van der Waals surface area contributed by atoms with E-state index in [-0.39, 0.29) is 27.4 Å². The van der Waals surface area contributed by atoms with E-state index < -0.39 is 15.9 Å². The number of primary sulfonamides is 1. The van der Waals surface area contributed by atoms with Gasteiger partial charge >= 0.3 is 0 Å². The first kappa shape index (κ1) is 16.9. The van der Waals surface area contributed by atoms with Gasteiger partial charge in [0.15, 0.2) is 0 Å². The van der Waals surface area contributed by atoms with Gasteiger partial charge < -0.3 is 5.32 Å². The number of sulfonamides is 1. The first-order valence-corrected chi connectivity index (χ1v) is 8.23. The molecule has 0 spiro atoms. The Hall–Kier alpha value is -1.11. The van der Waals surface area contributed by atoms with Crippen LogP contribution in [0.2, 0.25) is 5.02 Å². The lowest BCUT2D eigenvalue weighted by Gasteiger charge is -2.20. The molecule has 0 saturated heterocycles. The predicted octanol–water partition coefficient (Wildman–Crippen LogP) is 2.15. The van der Waals surface area contributed by atoms with Crippen molar-refractivity contribution in [3.05, 3.63) is 28.8 Å². The Balaban J connectivity index is 3.17. The smallest absolute Gasteiger partial charge is 0.254 e. The van der Waals surface area contributed by atoms with Gasteiger partial charge in [0.1, 0.15) is 0 Å². The fourth-order valence-corrected chi connectivity index (χ4v) is 2.81. The first-order chi connectivity index (χ1) is 9.18. The van der Waals surface area contributed by atoms with Gasteiger partial charge in [-0.25, -0.2) is 13.6 Å². The molecular formula is C13H19ClN2O3S. The Kier molecular flexibility index (Phi) is 5.56. The molecule has 7 heteroatoms. The Bertz CT molecular complexity index is 602. The molecule has 112 valence electrons. The quantitative estimate of drug-likeness (QED) is 0.871. The summed E-state index contributed by atoms with van der Waals surface area (Å²) in [7, 11) is -4.01. The van der Waals surface area contributed by atoms with Crippen LogP contribution in [0.4, 0.5) is 0 Å². The van der Waals surface area contributed by atoms with Crippen molar-refractivity contribution < 1.29 is 13.2 Å². The molecule has 20 heavy (non-hydrogen) atoms. The largest absolute Gasteiger partial charge is 0.349 e. The van der Waals surface area contributed by atoms with Crippen LogP contribution < -0.4 is 10.5 Å². The Morgan fingerprint density at radius 3 is 2.50 bits per heavy atom. The van der Waals surface area contributed by atoms with Crippen molar-refractivity contribution in [2.45, 2.75) is 38.1 Å². The molecule has 0 radical (unpaired) electrons. The molecule has 0 bridgehead atoms. The number of nitrogens with one attached hydrogen (secondary N) is 1. The summed E-state index contributed by atoms with van der Waals surface area (Å²) in [4.78, 5) is 12.0. The number of hydrogen-bond donors (Lipinski definition) is 2.